The first-order valence-electron chi connectivity index (χ1n) is 11.5. The fourth-order valence-electron chi connectivity index (χ4n) is 5.75. The number of amides is 1. The first-order chi connectivity index (χ1) is 15.0. The van der Waals surface area contributed by atoms with Crippen molar-refractivity contribution in [2.24, 2.45) is 17.8 Å². The maximum atomic E-state index is 13.2. The van der Waals surface area contributed by atoms with Crippen LogP contribution in [-0.2, 0) is 6.54 Å². The van der Waals surface area contributed by atoms with Gasteiger partial charge >= 0.3 is 0 Å². The first kappa shape index (κ1) is 20.3. The smallest absolute Gasteiger partial charge is 0.268 e. The van der Waals surface area contributed by atoms with Crippen molar-refractivity contribution in [3.8, 4) is 0 Å². The van der Waals surface area contributed by atoms with Crippen molar-refractivity contribution in [3.05, 3.63) is 54.2 Å². The third-order valence-electron chi connectivity index (χ3n) is 7.28. The van der Waals surface area contributed by atoms with E-state index in [2.05, 4.69) is 57.8 Å². The van der Waals surface area contributed by atoms with Gasteiger partial charge in [-0.3, -0.25) is 4.79 Å². The number of nitrogens with zero attached hydrogens (tertiary/aromatic N) is 3. The zero-order valence-electron chi connectivity index (χ0n) is 18.7. The van der Waals surface area contributed by atoms with Crippen molar-refractivity contribution < 1.29 is 4.79 Å². The highest BCUT2D eigenvalue weighted by atomic mass is 16.2. The van der Waals surface area contributed by atoms with E-state index in [0.717, 1.165) is 24.0 Å². The summed E-state index contributed by atoms with van der Waals surface area (Å²) in [5.74, 6) is 1.75. The maximum Gasteiger partial charge on any atom is 0.268 e. The third kappa shape index (κ3) is 4.13. The molecule has 31 heavy (non-hydrogen) atoms. The largest absolute Gasteiger partial charge is 0.350 e. The third-order valence-corrected chi connectivity index (χ3v) is 7.28. The van der Waals surface area contributed by atoms with Crippen LogP contribution in [-0.4, -0.2) is 51.0 Å². The number of piperidine rings is 1. The van der Waals surface area contributed by atoms with Crippen molar-refractivity contribution in [1.82, 2.24) is 24.8 Å². The van der Waals surface area contributed by atoms with E-state index in [1.54, 1.807) is 0 Å². The Bertz CT molecular complexity index is 1040. The first-order valence-corrected chi connectivity index (χ1v) is 11.5. The van der Waals surface area contributed by atoms with E-state index < -0.39 is 0 Å². The fraction of sp³-hybridized carbons (Fsp3) is 0.520. The number of nitrogens with one attached hydrogen (secondary N) is 2. The average Bonchev–Trinajstić information content (AvgIpc) is 3.25. The Labute approximate surface area is 184 Å². The summed E-state index contributed by atoms with van der Waals surface area (Å²) >= 11 is 0. The lowest BCUT2D eigenvalue weighted by atomic mass is 9.79. The molecule has 0 spiro atoms. The lowest BCUT2D eigenvalue weighted by Gasteiger charge is -2.46. The number of hydrogen-bond acceptors (Lipinski definition) is 3. The number of rotatable bonds is 6. The van der Waals surface area contributed by atoms with Crippen molar-refractivity contribution in [1.29, 1.82) is 0 Å². The molecule has 1 saturated carbocycles. The Morgan fingerprint density at radius 1 is 1.35 bits per heavy atom. The summed E-state index contributed by atoms with van der Waals surface area (Å²) < 4.78 is 2.18. The van der Waals surface area contributed by atoms with Crippen molar-refractivity contribution in [2.75, 3.05) is 13.6 Å². The van der Waals surface area contributed by atoms with E-state index in [1.807, 2.05) is 30.9 Å². The molecule has 3 aromatic rings. The zero-order valence-corrected chi connectivity index (χ0v) is 18.7. The van der Waals surface area contributed by atoms with Crippen LogP contribution in [0.1, 0.15) is 42.2 Å². The van der Waals surface area contributed by atoms with Gasteiger partial charge in [-0.1, -0.05) is 25.1 Å². The topological polar surface area (TPSA) is 66.0 Å². The van der Waals surface area contributed by atoms with Crippen LogP contribution in [0, 0.1) is 24.7 Å². The molecule has 6 nitrogen and oxygen atoms in total. The number of aromatic nitrogens is 3. The summed E-state index contributed by atoms with van der Waals surface area (Å²) in [6.07, 6.45) is 9.41. The lowest BCUT2D eigenvalue weighted by molar-refractivity contribution is 0.0456. The van der Waals surface area contributed by atoms with Gasteiger partial charge in [-0.25, -0.2) is 4.98 Å². The Balaban J connectivity index is 1.31. The summed E-state index contributed by atoms with van der Waals surface area (Å²) in [6, 6.07) is 8.74. The van der Waals surface area contributed by atoms with Crippen LogP contribution >= 0.6 is 0 Å². The standard InChI is InChI=1S/C25H33N5O/c1-16-5-4-6-20-12-21(27-22(16)20)25(31)28-23(19-7-8-19)24-17(2)11-18(13-29(24)3)14-30-10-9-26-15-30/h4-6,9-10,12,15,17-19,23-24,27H,7-8,11,13-14H2,1-3H3,(H,28,31). The highest BCUT2D eigenvalue weighted by Gasteiger charge is 2.44. The second-order valence-electron chi connectivity index (χ2n) is 9.83. The normalized spacial score (nSPS) is 25.6. The molecule has 6 heteroatoms. The molecule has 3 heterocycles. The quantitative estimate of drug-likeness (QED) is 0.638. The van der Waals surface area contributed by atoms with Gasteiger partial charge in [0, 0.05) is 48.5 Å². The Kier molecular flexibility index (Phi) is 5.34. The molecule has 1 aliphatic carbocycles. The molecule has 0 bridgehead atoms. The van der Waals surface area contributed by atoms with E-state index in [-0.39, 0.29) is 11.9 Å². The molecule has 2 N–H and O–H groups in total. The number of benzene rings is 1. The minimum absolute atomic E-state index is 0.0219. The zero-order chi connectivity index (χ0) is 21.5. The van der Waals surface area contributed by atoms with Gasteiger partial charge in [-0.15, -0.1) is 0 Å². The maximum absolute atomic E-state index is 13.2. The lowest BCUT2D eigenvalue weighted by Crippen LogP contribution is -2.58. The molecule has 5 rings (SSSR count). The second-order valence-corrected chi connectivity index (χ2v) is 9.83. The predicted octanol–water partition coefficient (Wildman–Crippen LogP) is 3.84. The predicted molar refractivity (Wildman–Crippen MR) is 123 cm³/mol. The van der Waals surface area contributed by atoms with Crippen LogP contribution in [0.2, 0.25) is 0 Å². The van der Waals surface area contributed by atoms with Crippen LogP contribution in [0.25, 0.3) is 10.9 Å². The van der Waals surface area contributed by atoms with Gasteiger partial charge in [-0.05, 0) is 62.6 Å². The minimum Gasteiger partial charge on any atom is -0.350 e. The molecule has 0 radical (unpaired) electrons. The number of likely N-dealkylation sites (N-methyl/N-ethyl adjacent to an activating group) is 1. The van der Waals surface area contributed by atoms with Gasteiger partial charge in [0.15, 0.2) is 0 Å². The van der Waals surface area contributed by atoms with Crippen LogP contribution < -0.4 is 5.32 Å². The van der Waals surface area contributed by atoms with Crippen LogP contribution in [0.15, 0.2) is 43.0 Å². The summed E-state index contributed by atoms with van der Waals surface area (Å²) in [5, 5.41) is 4.54. The van der Waals surface area contributed by atoms with Gasteiger partial charge in [0.25, 0.3) is 5.91 Å². The molecule has 1 saturated heterocycles. The van der Waals surface area contributed by atoms with Gasteiger partial charge in [0.2, 0.25) is 0 Å². The molecule has 164 valence electrons. The monoisotopic (exact) mass is 419 g/mol. The summed E-state index contributed by atoms with van der Waals surface area (Å²) in [5.41, 5.74) is 2.89. The molecule has 2 fully saturated rings. The minimum atomic E-state index is 0.0219. The van der Waals surface area contributed by atoms with E-state index in [0.29, 0.717) is 29.5 Å². The van der Waals surface area contributed by atoms with E-state index in [9.17, 15) is 4.79 Å². The van der Waals surface area contributed by atoms with Crippen molar-refractivity contribution in [2.45, 2.75) is 51.7 Å². The number of carbonyl (C=O) groups is 1. The molecule has 1 amide bonds. The fourth-order valence-corrected chi connectivity index (χ4v) is 5.75. The molecule has 2 aliphatic rings. The van der Waals surface area contributed by atoms with Gasteiger partial charge in [-0.2, -0.15) is 0 Å². The van der Waals surface area contributed by atoms with E-state index >= 15 is 0 Å². The highest BCUT2D eigenvalue weighted by Crippen LogP contribution is 2.40. The molecular formula is C25H33N5O. The summed E-state index contributed by atoms with van der Waals surface area (Å²) in [6.45, 7) is 6.50. The summed E-state index contributed by atoms with van der Waals surface area (Å²) in [7, 11) is 2.23. The molecule has 4 unspecified atom stereocenters. The number of para-hydroxylation sites is 1. The Morgan fingerprint density at radius 3 is 2.87 bits per heavy atom. The summed E-state index contributed by atoms with van der Waals surface area (Å²) in [4.78, 5) is 23.3. The molecule has 4 atom stereocenters. The number of fused-ring (bicyclic) bond motifs is 1. The number of imidazole rings is 1. The molecular weight excluding hydrogens is 386 g/mol. The highest BCUT2D eigenvalue weighted by molar-refractivity contribution is 5.98. The van der Waals surface area contributed by atoms with Crippen LogP contribution in [0.3, 0.4) is 0 Å². The average molecular weight is 420 g/mol. The second kappa shape index (κ2) is 8.15. The number of aryl methyl sites for hydroxylation is 1. The number of H-pyrrole nitrogens is 1. The van der Waals surface area contributed by atoms with Gasteiger partial charge < -0.3 is 19.8 Å². The molecule has 1 aromatic carbocycles. The van der Waals surface area contributed by atoms with Gasteiger partial charge in [0.05, 0.1) is 6.33 Å². The van der Waals surface area contributed by atoms with Crippen molar-refractivity contribution in [3.63, 3.8) is 0 Å². The SMILES string of the molecule is Cc1cccc2cc(C(=O)NC(C3CC3)C3C(C)CC(Cn4ccnc4)CN3C)[nH]c12. The van der Waals surface area contributed by atoms with Crippen LogP contribution in [0.5, 0.6) is 0 Å². The van der Waals surface area contributed by atoms with Crippen molar-refractivity contribution >= 4 is 16.8 Å². The number of hydrogen-bond donors (Lipinski definition) is 2. The Morgan fingerprint density at radius 2 is 2.19 bits per heavy atom. The number of carbonyl (C=O) groups excluding carboxylic acids is 1. The van der Waals surface area contributed by atoms with Crippen LogP contribution in [0.4, 0.5) is 0 Å². The molecule has 2 aromatic heterocycles. The van der Waals surface area contributed by atoms with E-state index in [1.165, 1.54) is 24.8 Å². The number of aromatic amines is 1. The Hall–Kier alpha value is -2.60. The molecule has 1 aliphatic heterocycles. The van der Waals surface area contributed by atoms with Gasteiger partial charge in [0.1, 0.15) is 5.69 Å². The number of likely N-dealkylation sites (tertiary alicyclic amines) is 1. The van der Waals surface area contributed by atoms with E-state index in [4.69, 9.17) is 0 Å².